The number of ether oxygens (including phenoxy) is 1. The molecule has 130 valence electrons. The second-order valence-corrected chi connectivity index (χ2v) is 5.46. The van der Waals surface area contributed by atoms with Crippen molar-refractivity contribution in [3.05, 3.63) is 82.4 Å². The van der Waals surface area contributed by atoms with Crippen LogP contribution in [0.3, 0.4) is 0 Å². The van der Waals surface area contributed by atoms with Crippen molar-refractivity contribution in [1.82, 2.24) is 0 Å². The van der Waals surface area contributed by atoms with Gasteiger partial charge in [0.15, 0.2) is 6.61 Å². The number of nitro benzene ring substituents is 1. The lowest BCUT2D eigenvalue weighted by Gasteiger charge is -2.09. The van der Waals surface area contributed by atoms with Crippen molar-refractivity contribution in [3.63, 3.8) is 0 Å². The lowest BCUT2D eigenvalue weighted by atomic mass is 10.1. The number of benzene rings is 3. The van der Waals surface area contributed by atoms with Crippen LogP contribution in [0.15, 0.2) is 66.7 Å². The maximum absolute atomic E-state index is 12.1. The molecule has 0 aromatic heterocycles. The Morgan fingerprint density at radius 3 is 2.38 bits per heavy atom. The monoisotopic (exact) mass is 350 g/mol. The van der Waals surface area contributed by atoms with Crippen LogP contribution in [0.5, 0.6) is 0 Å². The molecule has 3 aromatic rings. The van der Waals surface area contributed by atoms with E-state index in [1.54, 1.807) is 6.07 Å². The van der Waals surface area contributed by atoms with Crippen LogP contribution >= 0.6 is 0 Å². The van der Waals surface area contributed by atoms with Crippen molar-refractivity contribution in [2.45, 2.75) is 0 Å². The highest BCUT2D eigenvalue weighted by atomic mass is 16.6. The second kappa shape index (κ2) is 7.43. The summed E-state index contributed by atoms with van der Waals surface area (Å²) in [4.78, 5) is 34.0. The summed E-state index contributed by atoms with van der Waals surface area (Å²) < 4.78 is 4.95. The number of fused-ring (bicyclic) bond motifs is 1. The van der Waals surface area contributed by atoms with Gasteiger partial charge in [-0.3, -0.25) is 14.9 Å². The summed E-state index contributed by atoms with van der Waals surface area (Å²) in [6, 6.07) is 18.1. The minimum absolute atomic E-state index is 0.129. The van der Waals surface area contributed by atoms with Crippen molar-refractivity contribution in [2.75, 3.05) is 11.9 Å². The number of non-ortho nitro benzene ring substituents is 1. The molecule has 0 aliphatic rings. The quantitative estimate of drug-likeness (QED) is 0.431. The van der Waals surface area contributed by atoms with Crippen LogP contribution in [0.2, 0.25) is 0 Å². The van der Waals surface area contributed by atoms with E-state index in [-0.39, 0.29) is 11.3 Å². The van der Waals surface area contributed by atoms with Gasteiger partial charge < -0.3 is 10.1 Å². The Hall–Kier alpha value is -3.74. The standard InChI is InChI=1S/C19H14N2O5/c22-18(20-17-7-3-5-13-4-1-2-6-16(13)17)12-26-19(23)14-8-10-15(11-9-14)21(24)25/h1-11H,12H2,(H,20,22). The summed E-state index contributed by atoms with van der Waals surface area (Å²) in [6.07, 6.45) is 0. The summed E-state index contributed by atoms with van der Waals surface area (Å²) in [7, 11) is 0. The molecule has 0 spiro atoms. The average molecular weight is 350 g/mol. The van der Waals surface area contributed by atoms with E-state index < -0.39 is 23.4 Å². The average Bonchev–Trinajstić information content (AvgIpc) is 2.66. The Labute approximate surface area is 148 Å². The number of anilines is 1. The van der Waals surface area contributed by atoms with Gasteiger partial charge in [0.2, 0.25) is 0 Å². The minimum atomic E-state index is -0.729. The molecule has 0 fully saturated rings. The first-order valence-corrected chi connectivity index (χ1v) is 7.74. The van der Waals surface area contributed by atoms with Gasteiger partial charge in [-0.05, 0) is 23.6 Å². The first-order valence-electron chi connectivity index (χ1n) is 7.74. The molecule has 0 atom stereocenters. The van der Waals surface area contributed by atoms with E-state index in [9.17, 15) is 19.7 Å². The fraction of sp³-hybridized carbons (Fsp3) is 0.0526. The van der Waals surface area contributed by atoms with Crippen LogP contribution in [0.25, 0.3) is 10.8 Å². The van der Waals surface area contributed by atoms with Crippen LogP contribution < -0.4 is 5.32 Å². The lowest BCUT2D eigenvalue weighted by molar-refractivity contribution is -0.384. The van der Waals surface area contributed by atoms with Crippen LogP contribution in [0.4, 0.5) is 11.4 Å². The van der Waals surface area contributed by atoms with Crippen molar-refractivity contribution in [3.8, 4) is 0 Å². The Bertz CT molecular complexity index is 977. The summed E-state index contributed by atoms with van der Waals surface area (Å²) in [5.41, 5.74) is 0.628. The van der Waals surface area contributed by atoms with Crippen LogP contribution in [0, 0.1) is 10.1 Å². The molecule has 0 saturated carbocycles. The number of hydrogen-bond acceptors (Lipinski definition) is 5. The van der Waals surface area contributed by atoms with Gasteiger partial charge in [0.25, 0.3) is 11.6 Å². The predicted octanol–water partition coefficient (Wildman–Crippen LogP) is 3.54. The first-order chi connectivity index (χ1) is 12.5. The molecule has 0 aliphatic heterocycles. The maximum Gasteiger partial charge on any atom is 0.338 e. The molecule has 0 bridgehead atoms. The summed E-state index contributed by atoms with van der Waals surface area (Å²) >= 11 is 0. The van der Waals surface area contributed by atoms with Gasteiger partial charge in [-0.15, -0.1) is 0 Å². The Morgan fingerprint density at radius 2 is 1.65 bits per heavy atom. The van der Waals surface area contributed by atoms with E-state index in [0.717, 1.165) is 10.8 Å². The van der Waals surface area contributed by atoms with Crippen LogP contribution in [0.1, 0.15) is 10.4 Å². The Morgan fingerprint density at radius 1 is 0.962 bits per heavy atom. The van der Waals surface area contributed by atoms with Gasteiger partial charge >= 0.3 is 5.97 Å². The zero-order valence-electron chi connectivity index (χ0n) is 13.5. The smallest absolute Gasteiger partial charge is 0.338 e. The molecule has 0 heterocycles. The van der Waals surface area contributed by atoms with E-state index in [1.807, 2.05) is 36.4 Å². The molecule has 0 unspecified atom stereocenters. The van der Waals surface area contributed by atoms with Crippen molar-refractivity contribution in [1.29, 1.82) is 0 Å². The number of nitrogens with zero attached hydrogens (tertiary/aromatic N) is 1. The Kier molecular flexibility index (Phi) is 4.89. The zero-order chi connectivity index (χ0) is 18.5. The van der Waals surface area contributed by atoms with E-state index in [2.05, 4.69) is 5.32 Å². The number of nitrogens with one attached hydrogen (secondary N) is 1. The van der Waals surface area contributed by atoms with E-state index in [0.29, 0.717) is 5.69 Å². The van der Waals surface area contributed by atoms with Crippen molar-refractivity contribution >= 4 is 34.0 Å². The van der Waals surface area contributed by atoms with Gasteiger partial charge in [-0.2, -0.15) is 0 Å². The van der Waals surface area contributed by atoms with Gasteiger partial charge in [-0.1, -0.05) is 36.4 Å². The lowest BCUT2D eigenvalue weighted by Crippen LogP contribution is -2.21. The minimum Gasteiger partial charge on any atom is -0.452 e. The number of carbonyl (C=O) groups excluding carboxylic acids is 2. The van der Waals surface area contributed by atoms with Gasteiger partial charge in [-0.25, -0.2) is 4.79 Å². The largest absolute Gasteiger partial charge is 0.452 e. The normalized spacial score (nSPS) is 10.3. The maximum atomic E-state index is 12.1. The number of amides is 1. The van der Waals surface area contributed by atoms with Crippen molar-refractivity contribution < 1.29 is 19.2 Å². The molecular formula is C19H14N2O5. The number of esters is 1. The van der Waals surface area contributed by atoms with Crippen molar-refractivity contribution in [2.24, 2.45) is 0 Å². The SMILES string of the molecule is O=C(COC(=O)c1ccc([N+](=O)[O-])cc1)Nc1cccc2ccccc12. The first kappa shape index (κ1) is 17.1. The molecule has 26 heavy (non-hydrogen) atoms. The van der Waals surface area contributed by atoms with Crippen LogP contribution in [-0.2, 0) is 9.53 Å². The van der Waals surface area contributed by atoms with Gasteiger partial charge in [0.05, 0.1) is 10.5 Å². The molecular weight excluding hydrogens is 336 g/mol. The molecule has 7 heteroatoms. The van der Waals surface area contributed by atoms with Gasteiger partial charge in [0, 0.05) is 23.2 Å². The molecule has 0 radical (unpaired) electrons. The van der Waals surface area contributed by atoms with Crippen LogP contribution in [-0.4, -0.2) is 23.4 Å². The van der Waals surface area contributed by atoms with E-state index >= 15 is 0 Å². The molecule has 1 amide bonds. The molecule has 3 rings (SSSR count). The highest BCUT2D eigenvalue weighted by molar-refractivity contribution is 6.03. The molecule has 3 aromatic carbocycles. The third-order valence-electron chi connectivity index (χ3n) is 3.71. The highest BCUT2D eigenvalue weighted by Gasteiger charge is 2.13. The second-order valence-electron chi connectivity index (χ2n) is 5.46. The fourth-order valence-corrected chi connectivity index (χ4v) is 2.45. The summed E-state index contributed by atoms with van der Waals surface area (Å²) in [5.74, 6) is -1.20. The molecule has 7 nitrogen and oxygen atoms in total. The number of nitro groups is 1. The van der Waals surface area contributed by atoms with Gasteiger partial charge in [0.1, 0.15) is 0 Å². The Balaban J connectivity index is 1.61. The molecule has 0 aliphatic carbocycles. The summed E-state index contributed by atoms with van der Waals surface area (Å²) in [6.45, 7) is -0.459. The third-order valence-corrected chi connectivity index (χ3v) is 3.71. The number of hydrogen-bond donors (Lipinski definition) is 1. The zero-order valence-corrected chi connectivity index (χ0v) is 13.5. The molecule has 1 N–H and O–H groups in total. The predicted molar refractivity (Wildman–Crippen MR) is 96.0 cm³/mol. The molecule has 0 saturated heterocycles. The van der Waals surface area contributed by atoms with E-state index in [1.165, 1.54) is 24.3 Å². The topological polar surface area (TPSA) is 98.5 Å². The van der Waals surface area contributed by atoms with E-state index in [4.69, 9.17) is 4.74 Å². The fourth-order valence-electron chi connectivity index (χ4n) is 2.45. The number of carbonyl (C=O) groups is 2. The summed E-state index contributed by atoms with van der Waals surface area (Å²) in [5, 5.41) is 15.2. The third kappa shape index (κ3) is 3.84. The highest BCUT2D eigenvalue weighted by Crippen LogP contribution is 2.22. The number of rotatable bonds is 5.